The molecule has 2 aliphatic carbocycles. The minimum Gasteiger partial charge on any atom is -0.388 e. The fraction of sp³-hybridized carbons (Fsp3) is 0.364. The first-order valence-electron chi connectivity index (χ1n) is 9.39. The number of anilines is 1. The average molecular weight is 348 g/mol. The molecule has 0 saturated heterocycles. The van der Waals surface area contributed by atoms with Crippen LogP contribution in [0.5, 0.6) is 0 Å². The van der Waals surface area contributed by atoms with Gasteiger partial charge >= 0.3 is 0 Å². The SMILES string of the molecule is CNc1ccc(C2CC2)cc1CC1CC/C1=C\c1ccc([N+](=O)[O-])cc1. The lowest BCUT2D eigenvalue weighted by Gasteiger charge is -2.31. The lowest BCUT2D eigenvalue weighted by Crippen LogP contribution is -2.18. The van der Waals surface area contributed by atoms with E-state index in [9.17, 15) is 10.1 Å². The fourth-order valence-corrected chi connectivity index (χ4v) is 3.81. The normalized spacial score (nSPS) is 20.7. The third kappa shape index (κ3) is 3.50. The first-order valence-corrected chi connectivity index (χ1v) is 9.39. The number of nitro groups is 1. The number of hydrogen-bond acceptors (Lipinski definition) is 3. The molecule has 4 nitrogen and oxygen atoms in total. The van der Waals surface area contributed by atoms with Gasteiger partial charge in [0.15, 0.2) is 0 Å². The van der Waals surface area contributed by atoms with Crippen LogP contribution in [0.4, 0.5) is 11.4 Å². The van der Waals surface area contributed by atoms with E-state index in [1.165, 1.54) is 41.6 Å². The summed E-state index contributed by atoms with van der Waals surface area (Å²) in [6, 6.07) is 13.7. The number of non-ortho nitro benzene ring substituents is 1. The van der Waals surface area contributed by atoms with Crippen molar-refractivity contribution in [3.05, 3.63) is 74.8 Å². The second kappa shape index (κ2) is 6.94. The quantitative estimate of drug-likeness (QED) is 0.550. The van der Waals surface area contributed by atoms with Gasteiger partial charge in [0.2, 0.25) is 0 Å². The van der Waals surface area contributed by atoms with Crippen molar-refractivity contribution in [2.24, 2.45) is 5.92 Å². The molecular formula is C22H24N2O2. The summed E-state index contributed by atoms with van der Waals surface area (Å²) in [5, 5.41) is 14.1. The molecule has 26 heavy (non-hydrogen) atoms. The molecule has 2 aliphatic rings. The Hall–Kier alpha value is -2.62. The Morgan fingerprint density at radius 1 is 1.15 bits per heavy atom. The maximum Gasteiger partial charge on any atom is 0.269 e. The highest BCUT2D eigenvalue weighted by atomic mass is 16.6. The third-order valence-electron chi connectivity index (χ3n) is 5.68. The zero-order chi connectivity index (χ0) is 18.1. The number of hydrogen-bond donors (Lipinski definition) is 1. The van der Waals surface area contributed by atoms with Gasteiger partial charge in [-0.05, 0) is 78.8 Å². The number of nitrogens with one attached hydrogen (secondary N) is 1. The first kappa shape index (κ1) is 16.8. The average Bonchev–Trinajstić information content (AvgIpc) is 3.48. The van der Waals surface area contributed by atoms with Crippen molar-refractivity contribution in [2.45, 2.75) is 38.0 Å². The Labute approximate surface area is 154 Å². The Morgan fingerprint density at radius 3 is 2.50 bits per heavy atom. The first-order chi connectivity index (χ1) is 12.6. The second-order valence-corrected chi connectivity index (χ2v) is 7.45. The van der Waals surface area contributed by atoms with Crippen molar-refractivity contribution in [1.29, 1.82) is 0 Å². The third-order valence-corrected chi connectivity index (χ3v) is 5.68. The van der Waals surface area contributed by atoms with Crippen molar-refractivity contribution in [3.63, 3.8) is 0 Å². The highest BCUT2D eigenvalue weighted by molar-refractivity contribution is 5.58. The van der Waals surface area contributed by atoms with Gasteiger partial charge in [-0.1, -0.05) is 23.8 Å². The summed E-state index contributed by atoms with van der Waals surface area (Å²) in [5.74, 6) is 1.35. The molecule has 4 heteroatoms. The Balaban J connectivity index is 1.50. The summed E-state index contributed by atoms with van der Waals surface area (Å²) < 4.78 is 0. The van der Waals surface area contributed by atoms with Crippen molar-refractivity contribution in [1.82, 2.24) is 0 Å². The summed E-state index contributed by atoms with van der Waals surface area (Å²) in [7, 11) is 1.99. The van der Waals surface area contributed by atoms with Gasteiger partial charge in [0, 0.05) is 24.9 Å². The van der Waals surface area contributed by atoms with Crippen LogP contribution in [0.15, 0.2) is 48.0 Å². The predicted molar refractivity (Wildman–Crippen MR) is 105 cm³/mol. The van der Waals surface area contributed by atoms with E-state index in [0.717, 1.165) is 24.3 Å². The Bertz CT molecular complexity index is 851. The molecule has 0 heterocycles. The van der Waals surface area contributed by atoms with E-state index in [2.05, 4.69) is 29.6 Å². The van der Waals surface area contributed by atoms with Crippen LogP contribution in [-0.2, 0) is 6.42 Å². The number of benzene rings is 2. The minimum atomic E-state index is -0.352. The van der Waals surface area contributed by atoms with E-state index < -0.39 is 0 Å². The zero-order valence-electron chi connectivity index (χ0n) is 15.1. The summed E-state index contributed by atoms with van der Waals surface area (Å²) in [6.07, 6.45) is 8.27. The molecule has 0 aromatic heterocycles. The molecule has 1 N–H and O–H groups in total. The molecule has 2 aromatic carbocycles. The van der Waals surface area contributed by atoms with E-state index in [-0.39, 0.29) is 10.6 Å². The Morgan fingerprint density at radius 2 is 1.92 bits per heavy atom. The van der Waals surface area contributed by atoms with Crippen molar-refractivity contribution in [3.8, 4) is 0 Å². The van der Waals surface area contributed by atoms with Gasteiger partial charge in [0.1, 0.15) is 0 Å². The van der Waals surface area contributed by atoms with Gasteiger partial charge in [0.05, 0.1) is 4.92 Å². The largest absolute Gasteiger partial charge is 0.388 e. The van der Waals surface area contributed by atoms with Gasteiger partial charge in [-0.15, -0.1) is 0 Å². The maximum atomic E-state index is 10.8. The number of allylic oxidation sites excluding steroid dienone is 1. The highest BCUT2D eigenvalue weighted by Gasteiger charge is 2.27. The summed E-state index contributed by atoms with van der Waals surface area (Å²) in [5.41, 5.74) is 6.79. The van der Waals surface area contributed by atoms with Crippen LogP contribution in [0, 0.1) is 16.0 Å². The van der Waals surface area contributed by atoms with Crippen LogP contribution in [0.1, 0.15) is 48.3 Å². The van der Waals surface area contributed by atoms with Crippen LogP contribution >= 0.6 is 0 Å². The van der Waals surface area contributed by atoms with Crippen LogP contribution in [0.3, 0.4) is 0 Å². The molecule has 1 atom stereocenters. The van der Waals surface area contributed by atoms with Crippen molar-refractivity contribution >= 4 is 17.5 Å². The minimum absolute atomic E-state index is 0.146. The zero-order valence-corrected chi connectivity index (χ0v) is 15.1. The van der Waals surface area contributed by atoms with Crippen molar-refractivity contribution < 1.29 is 4.92 Å². The van der Waals surface area contributed by atoms with E-state index in [1.54, 1.807) is 12.1 Å². The molecular weight excluding hydrogens is 324 g/mol. The summed E-state index contributed by atoms with van der Waals surface area (Å²) >= 11 is 0. The van der Waals surface area contributed by atoms with Gasteiger partial charge in [-0.25, -0.2) is 0 Å². The molecule has 0 aliphatic heterocycles. The van der Waals surface area contributed by atoms with Crippen LogP contribution < -0.4 is 5.32 Å². The van der Waals surface area contributed by atoms with Crippen LogP contribution in [-0.4, -0.2) is 12.0 Å². The molecule has 0 radical (unpaired) electrons. The van der Waals surface area contributed by atoms with E-state index in [0.29, 0.717) is 5.92 Å². The monoisotopic (exact) mass is 348 g/mol. The number of nitrogens with zero attached hydrogens (tertiary/aromatic N) is 1. The maximum absolute atomic E-state index is 10.8. The van der Waals surface area contributed by atoms with Crippen LogP contribution in [0.2, 0.25) is 0 Å². The van der Waals surface area contributed by atoms with Gasteiger partial charge in [-0.3, -0.25) is 10.1 Å². The van der Waals surface area contributed by atoms with E-state index in [1.807, 2.05) is 19.2 Å². The molecule has 0 spiro atoms. The topological polar surface area (TPSA) is 55.2 Å². The molecule has 2 fully saturated rings. The number of nitro benzene ring substituents is 1. The van der Waals surface area contributed by atoms with Gasteiger partial charge in [-0.2, -0.15) is 0 Å². The van der Waals surface area contributed by atoms with Crippen LogP contribution in [0.25, 0.3) is 6.08 Å². The van der Waals surface area contributed by atoms with E-state index in [4.69, 9.17) is 0 Å². The fourth-order valence-electron chi connectivity index (χ4n) is 3.81. The Kier molecular flexibility index (Phi) is 4.49. The standard InChI is InChI=1S/C22H24N2O2/c1-23-22-11-8-18(16-4-5-16)13-20(22)14-19-7-6-17(19)12-15-2-9-21(10-3-15)24(25)26/h2-3,8-13,16,19,23H,4-7,14H2,1H3/b17-12+. The van der Waals surface area contributed by atoms with Gasteiger partial charge in [0.25, 0.3) is 5.69 Å². The number of rotatable bonds is 6. The second-order valence-electron chi connectivity index (χ2n) is 7.45. The smallest absolute Gasteiger partial charge is 0.269 e. The molecule has 4 rings (SSSR count). The molecule has 2 aromatic rings. The lowest BCUT2D eigenvalue weighted by molar-refractivity contribution is -0.384. The van der Waals surface area contributed by atoms with E-state index >= 15 is 0 Å². The summed E-state index contributed by atoms with van der Waals surface area (Å²) in [6.45, 7) is 0. The highest BCUT2D eigenvalue weighted by Crippen LogP contribution is 2.43. The molecule has 0 bridgehead atoms. The molecule has 1 unspecified atom stereocenters. The summed E-state index contributed by atoms with van der Waals surface area (Å²) in [4.78, 5) is 10.4. The predicted octanol–water partition coefficient (Wildman–Crippen LogP) is 5.55. The molecule has 134 valence electrons. The van der Waals surface area contributed by atoms with Crippen molar-refractivity contribution in [2.75, 3.05) is 12.4 Å². The van der Waals surface area contributed by atoms with Gasteiger partial charge < -0.3 is 5.32 Å². The molecule has 2 saturated carbocycles. The molecule has 0 amide bonds. The lowest BCUT2D eigenvalue weighted by atomic mass is 9.74.